The van der Waals surface area contributed by atoms with Crippen LogP contribution in [-0.2, 0) is 119 Å². The van der Waals surface area contributed by atoms with Gasteiger partial charge in [-0.15, -0.1) is 0 Å². The maximum Gasteiger partial charge on any atom is 0.397 e. The van der Waals surface area contributed by atoms with Gasteiger partial charge in [0, 0.05) is 34.6 Å². The summed E-state index contributed by atoms with van der Waals surface area (Å²) >= 11 is 0. The van der Waals surface area contributed by atoms with Gasteiger partial charge in [0.25, 0.3) is 0 Å². The molecule has 54 heteroatoms. The number of carbonyl (C=O) groups excluding carboxylic acids is 5. The molecule has 28 N–H and O–H groups in total. The lowest BCUT2D eigenvalue weighted by molar-refractivity contribution is -0.398. The molecule has 0 aromatic heterocycles. The zero-order valence-electron chi connectivity index (χ0n) is 63.5. The first-order valence-corrected chi connectivity index (χ1v) is 38.5. The maximum atomic E-state index is 13.2. The van der Waals surface area contributed by atoms with Crippen molar-refractivity contribution in [3.63, 3.8) is 0 Å². The van der Waals surface area contributed by atoms with Gasteiger partial charge >= 0.3 is 10.4 Å². The minimum Gasteiger partial charge on any atom is -0.394 e. The van der Waals surface area contributed by atoms with Crippen LogP contribution in [0, 0.1) is 0 Å². The highest BCUT2D eigenvalue weighted by Crippen LogP contribution is 2.40. The van der Waals surface area contributed by atoms with Gasteiger partial charge in [-0.3, -0.25) is 28.5 Å². The predicted molar refractivity (Wildman–Crippen MR) is 364 cm³/mol. The van der Waals surface area contributed by atoms with Crippen LogP contribution >= 0.6 is 0 Å². The number of amides is 5. The van der Waals surface area contributed by atoms with Crippen LogP contribution in [0.5, 0.6) is 0 Å². The number of carbonyl (C=O) groups is 5. The van der Waals surface area contributed by atoms with Crippen LogP contribution in [0.4, 0.5) is 0 Å². The first-order chi connectivity index (χ1) is 55.5. The van der Waals surface area contributed by atoms with Gasteiger partial charge in [-0.05, 0) is 6.92 Å². The van der Waals surface area contributed by atoms with E-state index in [1.54, 1.807) is 0 Å². The van der Waals surface area contributed by atoms with Gasteiger partial charge in [0.1, 0.15) is 213 Å². The lowest BCUT2D eigenvalue weighted by atomic mass is 9.93. The van der Waals surface area contributed by atoms with Crippen molar-refractivity contribution in [3.8, 4) is 0 Å². The second-order valence-corrected chi connectivity index (χ2v) is 30.5. The van der Waals surface area contributed by atoms with Crippen molar-refractivity contribution in [1.29, 1.82) is 0 Å². The summed E-state index contributed by atoms with van der Waals surface area (Å²) in [7, 11) is -5.43. The van der Waals surface area contributed by atoms with E-state index in [-0.39, 0.29) is 0 Å². The Balaban J connectivity index is 1.06. The standard InChI is InChI=1S/C64H107N5O48S/c1-15-34(81)44(91)47(94)61(102-15)100-14-28-51(40(87)29(56(96)103-28)65-16(2)76)112-58-31(67-18(4)78)42(89)50(25(11-74)107-58)113-62-48(95)53(38(85)27(110-62)13-101-63-54(45(92)36(83)22(8-71)105-63)115-57-30(66-17(3)77)39(86)35(82)21(7-70)104-57)114-64-55(46(93)37(84)23(9-72)106-64)116-60-32(68-19(5)79)41(88)49(24(10-73)108-60)111-59-33(69-20(6)80)43(90)52(26(12-75)109-59)117-118(97,98)99/h15,21-64,70-75,81-96H,7-14H2,1-6H3,(H,65,76)(H,66,77)(H,67,78)(H,68,79)(H,69,80)(H,97,98,99)/t15-,21+,22+,23+,24+,25+,26+,27+,28+,29+,30+,31+,32+,33+,34+,35+,36+,37+,38+,39+,40+,41+,42+,43+,44+,45-,46-,47-,48-,49+,50+,51+,52-,53-,54-,55-,56?,57-,58-,59-,60-,61+,62-,63-,64+/m0/s1. The second-order valence-electron chi connectivity index (χ2n) is 29.4. The van der Waals surface area contributed by atoms with Crippen molar-refractivity contribution in [2.45, 2.75) is 318 Å². The summed E-state index contributed by atoms with van der Waals surface area (Å²) < 4.78 is 139. The van der Waals surface area contributed by atoms with Crippen molar-refractivity contribution in [2.75, 3.05) is 52.9 Å². The van der Waals surface area contributed by atoms with Crippen molar-refractivity contribution < 1.29 is 234 Å². The fourth-order valence-corrected chi connectivity index (χ4v) is 15.5. The Morgan fingerprint density at radius 2 is 0.593 bits per heavy atom. The Labute approximate surface area is 669 Å². The highest BCUT2D eigenvalue weighted by molar-refractivity contribution is 7.80. The molecule has 0 aromatic carbocycles. The molecule has 9 aliphatic rings. The quantitative estimate of drug-likeness (QED) is 0.0287. The molecular weight excluding hydrogens is 1640 g/mol. The smallest absolute Gasteiger partial charge is 0.394 e. The zero-order chi connectivity index (χ0) is 87.3. The molecule has 9 fully saturated rings. The fourth-order valence-electron chi connectivity index (χ4n) is 14.9. The molecule has 0 aromatic rings. The molecule has 0 saturated carbocycles. The van der Waals surface area contributed by atoms with Gasteiger partial charge in [0.05, 0.1) is 59.0 Å². The maximum absolute atomic E-state index is 13.2. The molecule has 53 nitrogen and oxygen atoms in total. The molecule has 9 saturated heterocycles. The van der Waals surface area contributed by atoms with Crippen molar-refractivity contribution >= 4 is 39.9 Å². The van der Waals surface area contributed by atoms with E-state index in [1.807, 2.05) is 0 Å². The monoisotopic (exact) mass is 1750 g/mol. The highest BCUT2D eigenvalue weighted by atomic mass is 32.3. The van der Waals surface area contributed by atoms with Gasteiger partial charge in [-0.25, -0.2) is 4.18 Å². The lowest BCUT2D eigenvalue weighted by Crippen LogP contribution is -2.71. The third kappa shape index (κ3) is 22.5. The van der Waals surface area contributed by atoms with Crippen LogP contribution in [0.25, 0.3) is 0 Å². The summed E-state index contributed by atoms with van der Waals surface area (Å²) in [5.41, 5.74) is 0. The molecule has 45 atom stereocenters. The molecule has 1 unspecified atom stereocenters. The minimum absolute atomic E-state index is 0.843. The number of nitrogens with one attached hydrogen (secondary N) is 5. The van der Waals surface area contributed by atoms with E-state index in [1.165, 1.54) is 6.92 Å². The van der Waals surface area contributed by atoms with Crippen LogP contribution in [0.2, 0.25) is 0 Å². The van der Waals surface area contributed by atoms with Crippen LogP contribution in [0.3, 0.4) is 0 Å². The SMILES string of the molecule is CC(=O)N[C@H]1[C@H](O[C@H]2[C@H](O)[C@@H](NC(C)=O)[C@H](O[C@@H]3[C@@H](O[C@@H]4[C@H](O)[C@H](O[C@H]5[C@H](O)[C@@H](NC(C)=O)[C@H](O[C@H]6[C@H](O)[C@@H](NC(C)=O)C(O)O[C@@H]6CO[C@@H]6O[C@@H](C)[C@@H](O)[C@@H](O)[C@@H]6O)O[C@@H]5CO)O[C@H](CO[C@H]5O[C@H](CO)[C@@H](O)[C@H](O)[C@@H]5O[C@@H]5O[C@H](CO)[C@@H](O)[C@H](O)[C@H]5NC(C)=O)[C@H]4O)O[C@H](CO)[C@@H](O)[C@@H]3O)O[C@@H]2CO)O[C@H](CO)[C@H](OS(=O)(=O)O)[C@@H]1O. The molecule has 0 aliphatic carbocycles. The minimum atomic E-state index is -5.43. The topological polar surface area (TPSA) is 811 Å². The Hall–Kier alpha value is -4.34. The summed E-state index contributed by atoms with van der Waals surface area (Å²) in [6.07, 6.45) is -83.8. The average molecular weight is 1750 g/mol. The van der Waals surface area contributed by atoms with Crippen LogP contribution in [0.15, 0.2) is 0 Å². The number of aliphatic hydroxyl groups excluding tert-OH is 22. The fraction of sp³-hybridized carbons (Fsp3) is 0.922. The van der Waals surface area contributed by atoms with E-state index in [0.717, 1.165) is 34.6 Å². The van der Waals surface area contributed by atoms with Crippen LogP contribution in [0.1, 0.15) is 41.5 Å². The molecule has 9 heterocycles. The second kappa shape index (κ2) is 42.1. The van der Waals surface area contributed by atoms with Crippen molar-refractivity contribution in [3.05, 3.63) is 0 Å². The average Bonchev–Trinajstić information content (AvgIpc) is 0.766. The number of ether oxygens (including phenoxy) is 17. The van der Waals surface area contributed by atoms with Gasteiger partial charge in [-0.1, -0.05) is 0 Å². The predicted octanol–water partition coefficient (Wildman–Crippen LogP) is -19.1. The summed E-state index contributed by atoms with van der Waals surface area (Å²) in [5.74, 6) is -4.67. The van der Waals surface area contributed by atoms with E-state index in [4.69, 9.17) is 80.5 Å². The summed E-state index contributed by atoms with van der Waals surface area (Å²) in [6.45, 7) is -3.05. The van der Waals surface area contributed by atoms with Gasteiger partial charge in [-0.2, -0.15) is 8.42 Å². The third-order valence-corrected chi connectivity index (χ3v) is 21.4. The van der Waals surface area contributed by atoms with Crippen molar-refractivity contribution in [1.82, 2.24) is 26.6 Å². The molecule has 9 aliphatic heterocycles. The molecule has 5 amide bonds. The summed E-state index contributed by atoms with van der Waals surface area (Å²) in [5, 5.41) is 259. The summed E-state index contributed by atoms with van der Waals surface area (Å²) in [6, 6.07) is -9.52. The van der Waals surface area contributed by atoms with Gasteiger partial charge < -0.3 is 219 Å². The normalized spacial score (nSPS) is 47.1. The third-order valence-electron chi connectivity index (χ3n) is 20.9. The largest absolute Gasteiger partial charge is 0.397 e. The number of rotatable bonds is 31. The van der Waals surface area contributed by atoms with E-state index in [2.05, 4.69) is 30.8 Å². The number of hydrogen-bond acceptors (Lipinski definition) is 47. The van der Waals surface area contributed by atoms with Crippen LogP contribution < -0.4 is 26.6 Å². The Morgan fingerprint density at radius 1 is 0.280 bits per heavy atom. The first kappa shape index (κ1) is 97.5. The number of aliphatic hydroxyl groups is 22. The van der Waals surface area contributed by atoms with E-state index >= 15 is 0 Å². The molecular formula is C64H107N5O48S. The van der Waals surface area contributed by atoms with E-state index < -0.39 is 369 Å². The van der Waals surface area contributed by atoms with Crippen molar-refractivity contribution in [2.24, 2.45) is 0 Å². The molecule has 0 radical (unpaired) electrons. The van der Waals surface area contributed by atoms with E-state index in [9.17, 15) is 149 Å². The lowest BCUT2D eigenvalue weighted by Gasteiger charge is -2.51. The molecule has 0 spiro atoms. The molecule has 682 valence electrons. The number of hydrogen-bond donors (Lipinski definition) is 28. The molecule has 9 rings (SSSR count). The summed E-state index contributed by atoms with van der Waals surface area (Å²) in [4.78, 5) is 63.7. The molecule has 0 bridgehead atoms. The van der Waals surface area contributed by atoms with Gasteiger partial charge in [0.2, 0.25) is 29.5 Å². The highest BCUT2D eigenvalue weighted by Gasteiger charge is 2.61. The zero-order valence-corrected chi connectivity index (χ0v) is 64.4. The molecule has 118 heavy (non-hydrogen) atoms. The Morgan fingerprint density at radius 3 is 1.03 bits per heavy atom. The van der Waals surface area contributed by atoms with Crippen LogP contribution in [-0.4, -0.2) is 484 Å². The van der Waals surface area contributed by atoms with E-state index in [0.29, 0.717) is 0 Å². The Kier molecular flexibility index (Phi) is 34.8. The Bertz CT molecular complexity index is 3360. The van der Waals surface area contributed by atoms with Gasteiger partial charge in [0.15, 0.2) is 56.6 Å². The first-order valence-electron chi connectivity index (χ1n) is 37.1.